The molecule has 0 aliphatic heterocycles. The number of hydrogen-bond acceptors (Lipinski definition) is 1. The molecule has 1 atom stereocenters. The molecular weight excluding hydrogens is 561 g/mol. The van der Waals surface area contributed by atoms with Gasteiger partial charge in [-0.05, 0) is 6.92 Å². The smallest absolute Gasteiger partial charge is 0.431 e. The van der Waals surface area contributed by atoms with E-state index in [0.29, 0.717) is 0 Å². The Morgan fingerprint density at radius 2 is 0.886 bits per heavy atom. The lowest BCUT2D eigenvalue weighted by molar-refractivity contribution is -0.455. The molecule has 0 aromatic carbocycles. The Labute approximate surface area is 179 Å². The van der Waals surface area contributed by atoms with Crippen molar-refractivity contribution in [1.82, 2.24) is 0 Å². The molecule has 35 heavy (non-hydrogen) atoms. The van der Waals surface area contributed by atoms with Gasteiger partial charge in [-0.3, -0.25) is 0 Å². The molecule has 1 N–H and O–H groups in total. The van der Waals surface area contributed by atoms with Gasteiger partial charge in [-0.25, -0.2) is 13.6 Å². The van der Waals surface area contributed by atoms with E-state index in [2.05, 4.69) is 0 Å². The largest absolute Gasteiger partial charge is 0.478 e. The summed E-state index contributed by atoms with van der Waals surface area (Å²) >= 11 is 0. The highest BCUT2D eigenvalue weighted by atomic mass is 19.4. The summed E-state index contributed by atoms with van der Waals surface area (Å²) in [5, 5.41) is 8.22. The van der Waals surface area contributed by atoms with E-state index in [4.69, 9.17) is 5.11 Å². The maximum Gasteiger partial charge on any atom is 0.431 e. The molecule has 0 heterocycles. The third kappa shape index (κ3) is 4.25. The first-order chi connectivity index (χ1) is 14.9. The molecule has 0 spiro atoms. The number of rotatable bonds is 10. The third-order valence-corrected chi connectivity index (χ3v) is 4.26. The summed E-state index contributed by atoms with van der Waals surface area (Å²) in [7, 11) is 0. The van der Waals surface area contributed by atoms with Crippen LogP contribution in [0.15, 0.2) is 11.6 Å². The SMILES string of the molecule is CC(=CC(F)(F)C(F)(F)C(F)(F)C(F)(F)C(F)(F)C(F)(F)C(F)(F)C(F)(CF)C(F)(F)F)C(=O)O. The summed E-state index contributed by atoms with van der Waals surface area (Å²) in [6.45, 7) is -4.51. The second kappa shape index (κ2) is 8.48. The van der Waals surface area contributed by atoms with Gasteiger partial charge in [-0.2, -0.15) is 74.6 Å². The summed E-state index contributed by atoms with van der Waals surface area (Å²) in [6.07, 6.45) is -9.40. The van der Waals surface area contributed by atoms with E-state index in [-0.39, 0.29) is 6.92 Å². The molecule has 0 amide bonds. The van der Waals surface area contributed by atoms with Crippen LogP contribution in [-0.4, -0.2) is 71.1 Å². The molecule has 0 fully saturated rings. The minimum atomic E-state index is -8.93. The van der Waals surface area contributed by atoms with Crippen LogP contribution in [0.5, 0.6) is 0 Å². The van der Waals surface area contributed by atoms with Gasteiger partial charge >= 0.3 is 59.3 Å². The van der Waals surface area contributed by atoms with Crippen LogP contribution in [0.3, 0.4) is 0 Å². The molecule has 0 radical (unpaired) electrons. The van der Waals surface area contributed by atoms with Crippen LogP contribution in [0.2, 0.25) is 0 Å². The molecule has 208 valence electrons. The second-order valence-electron chi connectivity index (χ2n) is 6.63. The van der Waals surface area contributed by atoms with Crippen LogP contribution >= 0.6 is 0 Å². The number of aliphatic carboxylic acids is 1. The summed E-state index contributed by atoms with van der Waals surface area (Å²) in [5.41, 5.74) is -9.57. The van der Waals surface area contributed by atoms with E-state index in [1.807, 2.05) is 0 Å². The monoisotopic (exact) mass is 568 g/mol. The maximum atomic E-state index is 13.6. The lowest BCUT2D eigenvalue weighted by atomic mass is 9.84. The fourth-order valence-electron chi connectivity index (χ4n) is 2.01. The van der Waals surface area contributed by atoms with Crippen molar-refractivity contribution in [2.24, 2.45) is 0 Å². The van der Waals surface area contributed by atoms with Crippen LogP contribution in [0.4, 0.5) is 83.4 Å². The van der Waals surface area contributed by atoms with Crippen molar-refractivity contribution in [1.29, 1.82) is 0 Å². The fraction of sp³-hybridized carbons (Fsp3) is 0.786. The molecule has 0 saturated heterocycles. The van der Waals surface area contributed by atoms with Crippen molar-refractivity contribution >= 4 is 5.97 Å². The van der Waals surface area contributed by atoms with Gasteiger partial charge in [0, 0.05) is 11.6 Å². The van der Waals surface area contributed by atoms with Gasteiger partial charge in [0.05, 0.1) is 0 Å². The predicted molar refractivity (Wildman–Crippen MR) is 71.9 cm³/mol. The lowest BCUT2D eigenvalue weighted by Crippen LogP contribution is -2.76. The Balaban J connectivity index is 7.10. The molecular formula is C14H7F19O2. The van der Waals surface area contributed by atoms with Crippen molar-refractivity contribution in [2.45, 2.75) is 60.2 Å². The standard InChI is InChI=1S/C14H7F19O2/c1-4(5(34)35)2-7(17,18)9(21,22)11(25,26)13(29,30)12(27,28)10(23,24)8(19,20)6(16,3-15)14(31,32)33/h2H,3H2,1H3,(H,34,35). The number of carbonyl (C=O) groups is 1. The zero-order valence-corrected chi connectivity index (χ0v) is 15.8. The molecule has 21 heteroatoms. The Morgan fingerprint density at radius 3 is 1.14 bits per heavy atom. The first-order valence-electron chi connectivity index (χ1n) is 7.78. The highest BCUT2D eigenvalue weighted by Gasteiger charge is 2.96. The van der Waals surface area contributed by atoms with Gasteiger partial charge in [0.1, 0.15) is 6.67 Å². The maximum absolute atomic E-state index is 13.6. The topological polar surface area (TPSA) is 37.3 Å². The molecule has 0 aliphatic carbocycles. The van der Waals surface area contributed by atoms with E-state index < -0.39 is 77.6 Å². The van der Waals surface area contributed by atoms with Gasteiger partial charge in [0.2, 0.25) is 0 Å². The second-order valence-corrected chi connectivity index (χ2v) is 6.63. The van der Waals surface area contributed by atoms with Crippen LogP contribution < -0.4 is 0 Å². The van der Waals surface area contributed by atoms with E-state index in [9.17, 15) is 88.2 Å². The van der Waals surface area contributed by atoms with E-state index in [1.165, 1.54) is 0 Å². The van der Waals surface area contributed by atoms with Crippen molar-refractivity contribution in [3.05, 3.63) is 11.6 Å². The van der Waals surface area contributed by atoms with Crippen molar-refractivity contribution in [3.8, 4) is 0 Å². The lowest BCUT2D eigenvalue weighted by Gasteiger charge is -2.44. The van der Waals surface area contributed by atoms with Crippen LogP contribution in [0.25, 0.3) is 0 Å². The summed E-state index contributed by atoms with van der Waals surface area (Å²) in [6, 6.07) is 0. The number of halogens is 19. The average Bonchev–Trinajstić information content (AvgIpc) is 2.64. The molecule has 0 rings (SSSR count). The number of carboxylic acid groups (broad SMARTS) is 1. The Kier molecular flexibility index (Phi) is 7.96. The molecule has 0 aliphatic rings. The number of hydrogen-bond donors (Lipinski definition) is 1. The number of allylic oxidation sites excluding steroid dienone is 1. The number of carboxylic acids is 1. The number of alkyl halides is 19. The highest BCUT2D eigenvalue weighted by Crippen LogP contribution is 2.65. The van der Waals surface area contributed by atoms with Crippen LogP contribution in [0.1, 0.15) is 6.92 Å². The third-order valence-electron chi connectivity index (χ3n) is 4.26. The molecule has 2 nitrogen and oxygen atoms in total. The predicted octanol–water partition coefficient (Wildman–Crippen LogP) is 6.70. The van der Waals surface area contributed by atoms with Crippen molar-refractivity contribution in [2.75, 3.05) is 6.67 Å². The van der Waals surface area contributed by atoms with E-state index >= 15 is 0 Å². The summed E-state index contributed by atoms with van der Waals surface area (Å²) in [4.78, 5) is 10.3. The minimum absolute atomic E-state index is 0.0825. The normalized spacial score (nSPS) is 17.9. The van der Waals surface area contributed by atoms with Gasteiger partial charge in [0.15, 0.2) is 0 Å². The molecule has 0 bridgehead atoms. The quantitative estimate of drug-likeness (QED) is 0.235. The van der Waals surface area contributed by atoms with E-state index in [1.54, 1.807) is 0 Å². The first-order valence-corrected chi connectivity index (χ1v) is 7.78. The average molecular weight is 568 g/mol. The van der Waals surface area contributed by atoms with Crippen LogP contribution in [-0.2, 0) is 4.79 Å². The van der Waals surface area contributed by atoms with Crippen LogP contribution in [0, 0.1) is 0 Å². The van der Waals surface area contributed by atoms with Crippen molar-refractivity contribution in [3.63, 3.8) is 0 Å². The van der Waals surface area contributed by atoms with Gasteiger partial charge in [-0.1, -0.05) is 0 Å². The first kappa shape index (κ1) is 32.9. The molecule has 0 aromatic rings. The zero-order valence-electron chi connectivity index (χ0n) is 15.8. The van der Waals surface area contributed by atoms with Gasteiger partial charge in [0.25, 0.3) is 0 Å². The molecule has 0 aromatic heterocycles. The zero-order chi connectivity index (χ0) is 29.1. The minimum Gasteiger partial charge on any atom is -0.478 e. The highest BCUT2D eigenvalue weighted by molar-refractivity contribution is 5.86. The van der Waals surface area contributed by atoms with Gasteiger partial charge < -0.3 is 5.11 Å². The Bertz CT molecular complexity index is 839. The summed E-state index contributed by atoms with van der Waals surface area (Å²) in [5.74, 6) is -61.3. The molecule has 1 unspecified atom stereocenters. The van der Waals surface area contributed by atoms with Crippen molar-refractivity contribution < 1.29 is 93.3 Å². The Hall–Kier alpha value is -2.12. The Morgan fingerprint density at radius 1 is 0.600 bits per heavy atom. The fourth-order valence-corrected chi connectivity index (χ4v) is 2.01. The van der Waals surface area contributed by atoms with Gasteiger partial charge in [-0.15, -0.1) is 0 Å². The molecule has 0 saturated carbocycles. The summed E-state index contributed by atoms with van der Waals surface area (Å²) < 4.78 is 251. The van der Waals surface area contributed by atoms with E-state index in [0.717, 1.165) is 0 Å².